The van der Waals surface area contributed by atoms with Crippen molar-refractivity contribution in [3.05, 3.63) is 72.8 Å². The lowest BCUT2D eigenvalue weighted by molar-refractivity contribution is -0.154. The second kappa shape index (κ2) is 10.6. The Labute approximate surface area is 192 Å². The highest BCUT2D eigenvalue weighted by molar-refractivity contribution is 5.93. The average molecular weight is 447 g/mol. The smallest absolute Gasteiger partial charge is 0.344 e. The van der Waals surface area contributed by atoms with E-state index in [9.17, 15) is 14.4 Å². The van der Waals surface area contributed by atoms with Crippen LogP contribution in [0.15, 0.2) is 72.8 Å². The van der Waals surface area contributed by atoms with Crippen molar-refractivity contribution >= 4 is 34.2 Å². The maximum atomic E-state index is 12.4. The van der Waals surface area contributed by atoms with Gasteiger partial charge in [-0.2, -0.15) is 0 Å². The Morgan fingerprint density at radius 1 is 0.848 bits per heavy atom. The molecule has 0 radical (unpaired) electrons. The monoisotopic (exact) mass is 446 g/mol. The third-order valence-corrected chi connectivity index (χ3v) is 5.71. The van der Waals surface area contributed by atoms with Gasteiger partial charge >= 0.3 is 5.97 Å². The third kappa shape index (κ3) is 5.88. The van der Waals surface area contributed by atoms with Crippen LogP contribution >= 0.6 is 0 Å². The van der Waals surface area contributed by atoms with E-state index in [1.165, 1.54) is 0 Å². The number of likely N-dealkylation sites (tertiary alicyclic amines) is 1. The summed E-state index contributed by atoms with van der Waals surface area (Å²) < 4.78 is 10.7. The normalized spacial score (nSPS) is 14.0. The highest BCUT2D eigenvalue weighted by atomic mass is 16.6. The van der Waals surface area contributed by atoms with Gasteiger partial charge in [0.15, 0.2) is 13.2 Å². The van der Waals surface area contributed by atoms with Crippen LogP contribution in [0.3, 0.4) is 0 Å². The summed E-state index contributed by atoms with van der Waals surface area (Å²) in [6.07, 6.45) is 1.14. The average Bonchev–Trinajstić information content (AvgIpc) is 2.86. The fourth-order valence-electron chi connectivity index (χ4n) is 3.89. The number of piperidine rings is 1. The van der Waals surface area contributed by atoms with Crippen LogP contribution < -0.4 is 10.1 Å². The minimum absolute atomic E-state index is 0.0367. The van der Waals surface area contributed by atoms with Crippen molar-refractivity contribution < 1.29 is 23.9 Å². The maximum Gasteiger partial charge on any atom is 0.344 e. The fraction of sp³-hybridized carbons (Fsp3) is 0.269. The highest BCUT2D eigenvalue weighted by Crippen LogP contribution is 2.25. The molecule has 3 aromatic carbocycles. The Hall–Kier alpha value is -3.87. The molecule has 7 heteroatoms. The molecule has 0 aliphatic carbocycles. The molecule has 0 saturated carbocycles. The number of ether oxygens (including phenoxy) is 2. The maximum absolute atomic E-state index is 12.4. The fourth-order valence-corrected chi connectivity index (χ4v) is 3.89. The molecule has 0 atom stereocenters. The van der Waals surface area contributed by atoms with Gasteiger partial charge in [0.2, 0.25) is 5.91 Å². The summed E-state index contributed by atoms with van der Waals surface area (Å²) >= 11 is 0. The number of benzene rings is 3. The van der Waals surface area contributed by atoms with Gasteiger partial charge in [0.1, 0.15) is 5.75 Å². The van der Waals surface area contributed by atoms with Gasteiger partial charge in [0.25, 0.3) is 5.91 Å². The molecule has 1 fully saturated rings. The van der Waals surface area contributed by atoms with Crippen LogP contribution in [0.2, 0.25) is 0 Å². The predicted molar refractivity (Wildman–Crippen MR) is 125 cm³/mol. The number of hydrogen-bond acceptors (Lipinski definition) is 5. The lowest BCUT2D eigenvalue weighted by atomic mass is 9.95. The zero-order valence-corrected chi connectivity index (χ0v) is 18.2. The molecule has 2 amide bonds. The Bertz CT molecular complexity index is 1120. The number of anilines is 1. The molecular formula is C26H26N2O5. The summed E-state index contributed by atoms with van der Waals surface area (Å²) in [6, 6.07) is 22.6. The zero-order valence-electron chi connectivity index (χ0n) is 18.2. The van der Waals surface area contributed by atoms with E-state index in [4.69, 9.17) is 9.47 Å². The standard InChI is InChI=1S/C26H26N2O5/c29-24(28-15-13-20(14-16-28)26(31)27-21-9-2-1-3-10-21)17-33-25(30)18-32-23-12-6-8-19-7-4-5-11-22(19)23/h1-12,20H,13-18H2,(H,27,31). The van der Waals surface area contributed by atoms with Crippen molar-refractivity contribution in [2.45, 2.75) is 12.8 Å². The van der Waals surface area contributed by atoms with E-state index in [0.29, 0.717) is 31.7 Å². The molecular weight excluding hydrogens is 420 g/mol. The van der Waals surface area contributed by atoms with E-state index in [0.717, 1.165) is 16.5 Å². The molecule has 1 N–H and O–H groups in total. The number of carbonyl (C=O) groups excluding carboxylic acids is 3. The number of esters is 1. The minimum atomic E-state index is -0.603. The molecule has 1 aliphatic heterocycles. The Balaban J connectivity index is 1.18. The van der Waals surface area contributed by atoms with Gasteiger partial charge in [-0.1, -0.05) is 54.6 Å². The predicted octanol–water partition coefficient (Wildman–Crippen LogP) is 3.64. The van der Waals surface area contributed by atoms with Crippen LogP contribution in [-0.4, -0.2) is 49.0 Å². The van der Waals surface area contributed by atoms with Crippen molar-refractivity contribution in [2.24, 2.45) is 5.92 Å². The van der Waals surface area contributed by atoms with Crippen LogP contribution in [-0.2, 0) is 19.1 Å². The number of amides is 2. The van der Waals surface area contributed by atoms with Gasteiger partial charge in [-0.05, 0) is 36.4 Å². The Morgan fingerprint density at radius 3 is 2.33 bits per heavy atom. The van der Waals surface area contributed by atoms with Crippen LogP contribution in [0, 0.1) is 5.92 Å². The SMILES string of the molecule is O=C(COc1cccc2ccccc12)OCC(=O)N1CCC(C(=O)Nc2ccccc2)CC1. The van der Waals surface area contributed by atoms with Crippen molar-refractivity contribution in [3.8, 4) is 5.75 Å². The summed E-state index contributed by atoms with van der Waals surface area (Å²) in [5, 5.41) is 4.83. The number of rotatable bonds is 7. The quantitative estimate of drug-likeness (QED) is 0.560. The first-order valence-electron chi connectivity index (χ1n) is 11.0. The molecule has 1 heterocycles. The number of carbonyl (C=O) groups is 3. The zero-order chi connectivity index (χ0) is 23.0. The lowest BCUT2D eigenvalue weighted by Gasteiger charge is -2.31. The molecule has 0 spiro atoms. The van der Waals surface area contributed by atoms with Crippen LogP contribution in [0.5, 0.6) is 5.75 Å². The first-order valence-corrected chi connectivity index (χ1v) is 11.0. The molecule has 0 bridgehead atoms. The Morgan fingerprint density at radius 2 is 1.55 bits per heavy atom. The molecule has 7 nitrogen and oxygen atoms in total. The number of nitrogens with zero attached hydrogens (tertiary/aromatic N) is 1. The first-order chi connectivity index (χ1) is 16.1. The van der Waals surface area contributed by atoms with E-state index in [1.54, 1.807) is 11.0 Å². The van der Waals surface area contributed by atoms with Gasteiger partial charge in [-0.3, -0.25) is 9.59 Å². The topological polar surface area (TPSA) is 84.9 Å². The van der Waals surface area contributed by atoms with E-state index in [-0.39, 0.29) is 30.9 Å². The van der Waals surface area contributed by atoms with Crippen molar-refractivity contribution in [1.82, 2.24) is 4.90 Å². The van der Waals surface area contributed by atoms with E-state index in [1.807, 2.05) is 66.7 Å². The van der Waals surface area contributed by atoms with Crippen molar-refractivity contribution in [2.75, 3.05) is 31.6 Å². The van der Waals surface area contributed by atoms with Crippen LogP contribution in [0.4, 0.5) is 5.69 Å². The van der Waals surface area contributed by atoms with Crippen LogP contribution in [0.25, 0.3) is 10.8 Å². The third-order valence-electron chi connectivity index (χ3n) is 5.71. The van der Waals surface area contributed by atoms with Gasteiger partial charge < -0.3 is 19.7 Å². The second-order valence-corrected chi connectivity index (χ2v) is 7.94. The summed E-state index contributed by atoms with van der Waals surface area (Å²) in [6.45, 7) is 0.299. The highest BCUT2D eigenvalue weighted by Gasteiger charge is 2.27. The minimum Gasteiger partial charge on any atom is -0.481 e. The summed E-state index contributed by atoms with van der Waals surface area (Å²) in [7, 11) is 0. The van der Waals surface area contributed by atoms with Crippen LogP contribution in [0.1, 0.15) is 12.8 Å². The van der Waals surface area contributed by atoms with E-state index in [2.05, 4.69) is 5.32 Å². The molecule has 0 aromatic heterocycles. The molecule has 1 aliphatic rings. The molecule has 3 aromatic rings. The number of para-hydroxylation sites is 1. The summed E-state index contributed by atoms with van der Waals surface area (Å²) in [5.41, 5.74) is 0.763. The molecule has 170 valence electrons. The van der Waals surface area contributed by atoms with Gasteiger partial charge in [-0.15, -0.1) is 0 Å². The summed E-state index contributed by atoms with van der Waals surface area (Å²) in [5.74, 6) is -0.465. The van der Waals surface area contributed by atoms with E-state index >= 15 is 0 Å². The largest absolute Gasteiger partial charge is 0.481 e. The van der Waals surface area contributed by atoms with Crippen molar-refractivity contribution in [1.29, 1.82) is 0 Å². The second-order valence-electron chi connectivity index (χ2n) is 7.94. The Kier molecular flexibility index (Phi) is 7.19. The van der Waals surface area contributed by atoms with E-state index < -0.39 is 5.97 Å². The lowest BCUT2D eigenvalue weighted by Crippen LogP contribution is -2.43. The van der Waals surface area contributed by atoms with Gasteiger partial charge in [0, 0.05) is 30.1 Å². The molecule has 1 saturated heterocycles. The number of hydrogen-bond donors (Lipinski definition) is 1. The van der Waals surface area contributed by atoms with Crippen molar-refractivity contribution in [3.63, 3.8) is 0 Å². The number of fused-ring (bicyclic) bond motifs is 1. The van der Waals surface area contributed by atoms with Gasteiger partial charge in [0.05, 0.1) is 0 Å². The first kappa shape index (κ1) is 22.3. The summed E-state index contributed by atoms with van der Waals surface area (Å²) in [4.78, 5) is 38.6. The molecule has 33 heavy (non-hydrogen) atoms. The molecule has 4 rings (SSSR count). The molecule has 0 unspecified atom stereocenters. The number of nitrogens with one attached hydrogen (secondary N) is 1. The van der Waals surface area contributed by atoms with Gasteiger partial charge in [-0.25, -0.2) is 4.79 Å².